The molecule has 0 aromatic carbocycles. The van der Waals surface area contributed by atoms with Crippen LogP contribution in [-0.2, 0) is 6.54 Å². The Hall–Kier alpha value is -3.49. The molecule has 1 aliphatic rings. The summed E-state index contributed by atoms with van der Waals surface area (Å²) in [5.41, 5.74) is 2.00. The number of carbonyl (C=O) groups is 1. The van der Waals surface area contributed by atoms with E-state index in [4.69, 9.17) is 4.11 Å². The zero-order valence-corrected chi connectivity index (χ0v) is 14.2. The number of anilines is 3. The Morgan fingerprint density at radius 3 is 3.00 bits per heavy atom. The topological polar surface area (TPSA) is 101 Å². The minimum Gasteiger partial charge on any atom is -0.362 e. The molecule has 132 valence electrons. The van der Waals surface area contributed by atoms with E-state index < -0.39 is 12.9 Å². The number of pyridine rings is 2. The van der Waals surface area contributed by atoms with Gasteiger partial charge in [0, 0.05) is 36.7 Å². The first kappa shape index (κ1) is 12.8. The number of nitrogens with one attached hydrogen (secondary N) is 2. The zero-order valence-electron chi connectivity index (χ0n) is 17.2. The molecule has 1 amide bonds. The highest BCUT2D eigenvalue weighted by atomic mass is 16.1. The Labute approximate surface area is 154 Å². The number of rotatable bonds is 3. The van der Waals surface area contributed by atoms with Crippen LogP contribution in [0.5, 0.6) is 0 Å². The molecule has 0 spiro atoms. The van der Waals surface area contributed by atoms with Gasteiger partial charge in [-0.15, -0.1) is 5.10 Å². The fourth-order valence-corrected chi connectivity index (χ4v) is 2.99. The Morgan fingerprint density at radius 2 is 2.15 bits per heavy atom. The second kappa shape index (κ2) is 6.10. The van der Waals surface area contributed by atoms with E-state index in [0.29, 0.717) is 29.6 Å². The minimum absolute atomic E-state index is 0.116. The molecule has 0 saturated carbocycles. The highest BCUT2D eigenvalue weighted by Gasteiger charge is 2.26. The molecule has 0 unspecified atom stereocenters. The predicted octanol–water partition coefficient (Wildman–Crippen LogP) is 1.42. The van der Waals surface area contributed by atoms with Gasteiger partial charge in [-0.3, -0.25) is 9.78 Å². The molecule has 0 fully saturated rings. The molecule has 0 radical (unpaired) electrons. The zero-order chi connectivity index (χ0) is 20.8. The number of hydrogen-bond acceptors (Lipinski definition) is 7. The second-order valence-electron chi connectivity index (χ2n) is 5.87. The second-order valence-corrected chi connectivity index (χ2v) is 5.87. The molecule has 4 rings (SSSR count). The molecule has 2 N–H and O–H groups in total. The molecule has 0 atom stereocenters. The number of aryl methyl sites for hydroxylation is 1. The van der Waals surface area contributed by atoms with Crippen molar-refractivity contribution in [2.45, 2.75) is 13.5 Å². The molecule has 9 nitrogen and oxygen atoms in total. The molecule has 26 heavy (non-hydrogen) atoms. The summed E-state index contributed by atoms with van der Waals surface area (Å²) in [5.74, 6) is 1.30. The van der Waals surface area contributed by atoms with Crippen molar-refractivity contribution in [2.24, 2.45) is 0 Å². The number of hydrogen-bond donors (Lipinski definition) is 2. The lowest BCUT2D eigenvalue weighted by Gasteiger charge is -2.28. The van der Waals surface area contributed by atoms with Gasteiger partial charge in [0.15, 0.2) is 11.6 Å². The first-order valence-corrected chi connectivity index (χ1v) is 7.89. The number of fused-ring (bicyclic) bond motifs is 3. The van der Waals surface area contributed by atoms with Crippen molar-refractivity contribution in [1.29, 1.82) is 0 Å². The van der Waals surface area contributed by atoms with E-state index in [1.165, 1.54) is 12.4 Å². The summed E-state index contributed by atoms with van der Waals surface area (Å²) in [6.07, 6.45) is 4.47. The van der Waals surface area contributed by atoms with Crippen LogP contribution >= 0.6 is 0 Å². The van der Waals surface area contributed by atoms with Crippen LogP contribution in [0.25, 0.3) is 5.82 Å². The van der Waals surface area contributed by atoms with Gasteiger partial charge in [0.05, 0.1) is 23.5 Å². The third kappa shape index (κ3) is 2.53. The molecular formula is C17H18N8O. The van der Waals surface area contributed by atoms with Crippen molar-refractivity contribution in [2.75, 3.05) is 24.2 Å². The lowest BCUT2D eigenvalue weighted by atomic mass is 10.2. The van der Waals surface area contributed by atoms with E-state index in [-0.39, 0.29) is 5.56 Å². The Bertz CT molecular complexity index is 1090. The largest absolute Gasteiger partial charge is 0.362 e. The SMILES string of the molecule is [2H]C([2H])([2H])NC(=O)c1cnccc1Nc1ccnc2c1N(C)Cc1nc(C)nn1-2. The maximum atomic E-state index is 12.4. The molecule has 0 bridgehead atoms. The first-order chi connectivity index (χ1) is 13.7. The maximum Gasteiger partial charge on any atom is 0.254 e. The summed E-state index contributed by atoms with van der Waals surface area (Å²) in [6.45, 7) is -0.238. The molecule has 9 heteroatoms. The van der Waals surface area contributed by atoms with Gasteiger partial charge in [-0.1, -0.05) is 0 Å². The maximum absolute atomic E-state index is 12.4. The molecular weight excluding hydrogens is 332 g/mol. The van der Waals surface area contributed by atoms with Crippen molar-refractivity contribution in [1.82, 2.24) is 30.0 Å². The number of nitrogens with zero attached hydrogens (tertiary/aromatic N) is 6. The molecule has 3 aromatic rings. The number of aromatic nitrogens is 5. The van der Waals surface area contributed by atoms with Gasteiger partial charge in [0.25, 0.3) is 5.91 Å². The standard InChI is InChI=1S/C17H18N8O/c1-10-21-14-9-24(3)15-13(5-7-20-16(15)25(14)23-10)22-12-4-6-19-8-11(12)17(26)18-2/h4-8H,9H2,1-3H3,(H,18,26)(H,19,20,22)/i2D3. The number of amides is 1. The fourth-order valence-electron chi connectivity index (χ4n) is 2.99. The van der Waals surface area contributed by atoms with Gasteiger partial charge in [-0.2, -0.15) is 4.68 Å². The average molecular weight is 353 g/mol. The Balaban J connectivity index is 1.74. The van der Waals surface area contributed by atoms with Crippen molar-refractivity contribution in [3.63, 3.8) is 0 Å². The van der Waals surface area contributed by atoms with Gasteiger partial charge < -0.3 is 15.5 Å². The van der Waals surface area contributed by atoms with Gasteiger partial charge in [0.1, 0.15) is 11.5 Å². The van der Waals surface area contributed by atoms with E-state index in [0.717, 1.165) is 11.5 Å². The van der Waals surface area contributed by atoms with E-state index in [1.807, 2.05) is 24.2 Å². The van der Waals surface area contributed by atoms with Crippen LogP contribution < -0.4 is 15.5 Å². The normalized spacial score (nSPS) is 14.5. The summed E-state index contributed by atoms with van der Waals surface area (Å²) >= 11 is 0. The summed E-state index contributed by atoms with van der Waals surface area (Å²) in [5, 5.41) is 9.61. The summed E-state index contributed by atoms with van der Waals surface area (Å²) in [7, 11) is 1.91. The van der Waals surface area contributed by atoms with Crippen LogP contribution in [0, 0.1) is 6.92 Å². The van der Waals surface area contributed by atoms with Crippen LogP contribution in [0.4, 0.5) is 17.1 Å². The van der Waals surface area contributed by atoms with E-state index in [9.17, 15) is 4.79 Å². The van der Waals surface area contributed by atoms with Gasteiger partial charge >= 0.3 is 0 Å². The third-order valence-electron chi connectivity index (χ3n) is 4.09. The van der Waals surface area contributed by atoms with E-state index in [1.54, 1.807) is 23.0 Å². The lowest BCUT2D eigenvalue weighted by Crippen LogP contribution is -2.28. The Morgan fingerprint density at radius 1 is 1.31 bits per heavy atom. The minimum atomic E-state index is -2.60. The molecule has 3 aromatic heterocycles. The van der Waals surface area contributed by atoms with Crippen LogP contribution in [0.3, 0.4) is 0 Å². The highest BCUT2D eigenvalue weighted by molar-refractivity contribution is 6.00. The molecule has 1 aliphatic heterocycles. The number of carbonyl (C=O) groups excluding carboxylic acids is 1. The van der Waals surface area contributed by atoms with Crippen molar-refractivity contribution < 1.29 is 8.91 Å². The van der Waals surface area contributed by atoms with Crippen molar-refractivity contribution in [3.8, 4) is 5.82 Å². The summed E-state index contributed by atoms with van der Waals surface area (Å²) in [4.78, 5) is 27.2. The molecule has 0 aliphatic carbocycles. The average Bonchev–Trinajstić information content (AvgIpc) is 3.01. The highest BCUT2D eigenvalue weighted by Crippen LogP contribution is 2.36. The van der Waals surface area contributed by atoms with Crippen LogP contribution in [-0.4, -0.2) is 44.7 Å². The monoisotopic (exact) mass is 353 g/mol. The first-order valence-electron chi connectivity index (χ1n) is 9.39. The molecule has 4 heterocycles. The quantitative estimate of drug-likeness (QED) is 0.734. The molecule has 0 saturated heterocycles. The van der Waals surface area contributed by atoms with Crippen molar-refractivity contribution in [3.05, 3.63) is 47.9 Å². The predicted molar refractivity (Wildman–Crippen MR) is 96.9 cm³/mol. The lowest BCUT2D eigenvalue weighted by molar-refractivity contribution is 0.0963. The summed E-state index contributed by atoms with van der Waals surface area (Å²) in [6, 6.07) is 3.38. The van der Waals surface area contributed by atoms with Crippen molar-refractivity contribution >= 4 is 23.0 Å². The Kier molecular flexibility index (Phi) is 3.01. The van der Waals surface area contributed by atoms with Crippen LogP contribution in [0.2, 0.25) is 0 Å². The van der Waals surface area contributed by atoms with E-state index in [2.05, 4.69) is 25.4 Å². The fraction of sp³-hybridized carbons (Fsp3) is 0.235. The van der Waals surface area contributed by atoms with Gasteiger partial charge in [0.2, 0.25) is 0 Å². The smallest absolute Gasteiger partial charge is 0.254 e. The van der Waals surface area contributed by atoms with Crippen LogP contribution in [0.15, 0.2) is 30.7 Å². The van der Waals surface area contributed by atoms with Gasteiger partial charge in [-0.25, -0.2) is 9.97 Å². The van der Waals surface area contributed by atoms with E-state index >= 15 is 0 Å². The van der Waals surface area contributed by atoms with Crippen LogP contribution in [0.1, 0.15) is 26.1 Å². The summed E-state index contributed by atoms with van der Waals surface area (Å²) < 4.78 is 23.5. The van der Waals surface area contributed by atoms with Gasteiger partial charge in [-0.05, 0) is 19.1 Å². The third-order valence-corrected chi connectivity index (χ3v) is 4.09.